The van der Waals surface area contributed by atoms with Gasteiger partial charge in [0.05, 0.1) is 12.1 Å². The molecule has 0 fully saturated rings. The summed E-state index contributed by atoms with van der Waals surface area (Å²) in [5.41, 5.74) is 5.08. The molecule has 0 radical (unpaired) electrons. The van der Waals surface area contributed by atoms with Crippen molar-refractivity contribution in [3.63, 3.8) is 0 Å². The van der Waals surface area contributed by atoms with Crippen molar-refractivity contribution in [2.75, 3.05) is 19.6 Å². The van der Waals surface area contributed by atoms with Crippen molar-refractivity contribution < 1.29 is 9.53 Å². The molecule has 0 aliphatic rings. The Morgan fingerprint density at radius 2 is 1.64 bits per heavy atom. The van der Waals surface area contributed by atoms with Crippen LogP contribution >= 0.6 is 0 Å². The number of carbonyl (C=O) groups is 1. The zero-order chi connectivity index (χ0) is 17.4. The lowest BCUT2D eigenvalue weighted by molar-refractivity contribution is 0.0451. The van der Waals surface area contributed by atoms with E-state index in [-0.39, 0.29) is 0 Å². The summed E-state index contributed by atoms with van der Waals surface area (Å²) in [5, 5.41) is 2.97. The Morgan fingerprint density at radius 1 is 1.14 bits per heavy atom. The lowest BCUT2D eigenvalue weighted by Gasteiger charge is -2.33. The van der Waals surface area contributed by atoms with Crippen molar-refractivity contribution in [1.82, 2.24) is 10.2 Å². The smallest absolute Gasteiger partial charge is 0.408 e. The molecule has 6 heteroatoms. The number of alkyl carbamates (subject to hydrolysis) is 1. The van der Waals surface area contributed by atoms with Crippen LogP contribution in [0.5, 0.6) is 0 Å². The topological polar surface area (TPSA) is 80.0 Å². The van der Waals surface area contributed by atoms with Gasteiger partial charge in [-0.15, -0.1) is 0 Å². The fraction of sp³-hybridized carbons (Fsp3) is 0.875. The Morgan fingerprint density at radius 3 is 2.00 bits per heavy atom. The van der Waals surface area contributed by atoms with E-state index in [1.807, 2.05) is 53.4 Å². The molecule has 0 saturated carbocycles. The molecule has 0 aliphatic heterocycles. The quantitative estimate of drug-likeness (QED) is 0.559. The SMILES string of the molecule is CCN(CC)C(N)=NCC(CC)(CC)NC(=O)OC(C)(C)C. The van der Waals surface area contributed by atoms with Crippen molar-refractivity contribution in [2.24, 2.45) is 10.7 Å². The Bertz CT molecular complexity index is 367. The van der Waals surface area contributed by atoms with E-state index in [4.69, 9.17) is 10.5 Å². The summed E-state index contributed by atoms with van der Waals surface area (Å²) in [7, 11) is 0. The van der Waals surface area contributed by atoms with E-state index < -0.39 is 17.2 Å². The van der Waals surface area contributed by atoms with Gasteiger partial charge in [0.1, 0.15) is 5.60 Å². The number of nitrogens with zero attached hydrogens (tertiary/aromatic N) is 2. The largest absolute Gasteiger partial charge is 0.444 e. The van der Waals surface area contributed by atoms with Gasteiger partial charge in [-0.2, -0.15) is 0 Å². The first kappa shape index (κ1) is 20.5. The fourth-order valence-corrected chi connectivity index (χ4v) is 2.09. The highest BCUT2D eigenvalue weighted by atomic mass is 16.6. The van der Waals surface area contributed by atoms with Gasteiger partial charge in [0.15, 0.2) is 5.96 Å². The van der Waals surface area contributed by atoms with Gasteiger partial charge in [-0.1, -0.05) is 13.8 Å². The second-order valence-electron chi connectivity index (χ2n) is 6.46. The first-order valence-electron chi connectivity index (χ1n) is 8.19. The molecule has 0 spiro atoms. The molecule has 0 aliphatic carbocycles. The van der Waals surface area contributed by atoms with Crippen LogP contribution in [0.3, 0.4) is 0 Å². The summed E-state index contributed by atoms with van der Waals surface area (Å²) in [6.07, 6.45) is 1.11. The number of hydrogen-bond donors (Lipinski definition) is 2. The molecule has 0 heterocycles. The highest BCUT2D eigenvalue weighted by molar-refractivity contribution is 5.78. The zero-order valence-electron chi connectivity index (χ0n) is 15.3. The Hall–Kier alpha value is -1.46. The molecule has 0 atom stereocenters. The van der Waals surface area contributed by atoms with Crippen LogP contribution in [0, 0.1) is 0 Å². The third kappa shape index (κ3) is 7.00. The number of rotatable bonds is 7. The van der Waals surface area contributed by atoms with Gasteiger partial charge in [-0.25, -0.2) is 4.79 Å². The number of aliphatic imine (C=N–C) groups is 1. The number of nitrogens with one attached hydrogen (secondary N) is 1. The summed E-state index contributed by atoms with van der Waals surface area (Å²) in [6, 6.07) is 0. The molecular weight excluding hydrogens is 280 g/mol. The summed E-state index contributed by atoms with van der Waals surface area (Å²) in [6.45, 7) is 15.8. The highest BCUT2D eigenvalue weighted by Gasteiger charge is 2.30. The van der Waals surface area contributed by atoms with Gasteiger partial charge in [0.25, 0.3) is 0 Å². The molecule has 6 nitrogen and oxygen atoms in total. The van der Waals surface area contributed by atoms with E-state index >= 15 is 0 Å². The molecule has 3 N–H and O–H groups in total. The van der Waals surface area contributed by atoms with Crippen molar-refractivity contribution in [3.05, 3.63) is 0 Å². The second kappa shape index (κ2) is 8.86. The average molecular weight is 314 g/mol. The molecule has 0 rings (SSSR count). The number of hydrogen-bond acceptors (Lipinski definition) is 3. The molecule has 130 valence electrons. The van der Waals surface area contributed by atoms with Gasteiger partial charge in [0, 0.05) is 13.1 Å². The van der Waals surface area contributed by atoms with Gasteiger partial charge in [-0.3, -0.25) is 4.99 Å². The summed E-state index contributed by atoms with van der Waals surface area (Å²) in [4.78, 5) is 18.5. The molecular formula is C16H34N4O2. The van der Waals surface area contributed by atoms with Crippen molar-refractivity contribution >= 4 is 12.1 Å². The Labute approximate surface area is 135 Å². The van der Waals surface area contributed by atoms with E-state index in [0.717, 1.165) is 25.9 Å². The predicted octanol–water partition coefficient (Wildman–Crippen LogP) is 2.73. The molecule has 0 saturated heterocycles. The number of ether oxygens (including phenoxy) is 1. The van der Waals surface area contributed by atoms with E-state index in [2.05, 4.69) is 10.3 Å². The van der Waals surface area contributed by atoms with Crippen LogP contribution in [0.25, 0.3) is 0 Å². The first-order chi connectivity index (χ1) is 10.1. The van der Waals surface area contributed by atoms with Crippen LogP contribution in [0.2, 0.25) is 0 Å². The summed E-state index contributed by atoms with van der Waals surface area (Å²) < 4.78 is 5.35. The third-order valence-corrected chi connectivity index (χ3v) is 3.75. The van der Waals surface area contributed by atoms with E-state index in [9.17, 15) is 4.79 Å². The van der Waals surface area contributed by atoms with Crippen molar-refractivity contribution in [1.29, 1.82) is 0 Å². The summed E-state index contributed by atoms with van der Waals surface area (Å²) in [5.74, 6) is 0.516. The van der Waals surface area contributed by atoms with Crippen LogP contribution < -0.4 is 11.1 Å². The lowest BCUT2D eigenvalue weighted by Crippen LogP contribution is -2.52. The molecule has 0 aromatic carbocycles. The number of guanidine groups is 1. The van der Waals surface area contributed by atoms with Gasteiger partial charge < -0.3 is 20.7 Å². The lowest BCUT2D eigenvalue weighted by atomic mass is 9.93. The maximum atomic E-state index is 12.1. The van der Waals surface area contributed by atoms with E-state index in [1.54, 1.807) is 0 Å². The fourth-order valence-electron chi connectivity index (χ4n) is 2.09. The zero-order valence-corrected chi connectivity index (χ0v) is 15.3. The van der Waals surface area contributed by atoms with Crippen LogP contribution in [0.4, 0.5) is 4.79 Å². The van der Waals surface area contributed by atoms with Crippen LogP contribution in [-0.2, 0) is 4.74 Å². The molecule has 0 aromatic rings. The molecule has 0 aromatic heterocycles. The molecule has 0 bridgehead atoms. The maximum absolute atomic E-state index is 12.1. The van der Waals surface area contributed by atoms with E-state index in [1.165, 1.54) is 0 Å². The second-order valence-corrected chi connectivity index (χ2v) is 6.46. The highest BCUT2D eigenvalue weighted by Crippen LogP contribution is 2.17. The minimum absolute atomic E-state index is 0.409. The summed E-state index contributed by atoms with van der Waals surface area (Å²) >= 11 is 0. The monoisotopic (exact) mass is 314 g/mol. The van der Waals surface area contributed by atoms with E-state index in [0.29, 0.717) is 12.5 Å². The van der Waals surface area contributed by atoms with Crippen LogP contribution in [-0.4, -0.2) is 47.7 Å². The third-order valence-electron chi connectivity index (χ3n) is 3.75. The maximum Gasteiger partial charge on any atom is 0.408 e. The number of carbonyl (C=O) groups excluding carboxylic acids is 1. The van der Waals surface area contributed by atoms with Gasteiger partial charge in [0.2, 0.25) is 0 Å². The standard InChI is InChI=1S/C16H34N4O2/c1-8-16(9-2,19-14(21)22-15(5,6)7)12-18-13(17)20(10-3)11-4/h8-12H2,1-7H3,(H2,17,18)(H,19,21). The Balaban J connectivity index is 4.96. The first-order valence-corrected chi connectivity index (χ1v) is 8.19. The Kier molecular flexibility index (Phi) is 8.27. The molecule has 0 unspecified atom stereocenters. The van der Waals surface area contributed by atoms with Gasteiger partial charge in [-0.05, 0) is 47.5 Å². The van der Waals surface area contributed by atoms with Crippen molar-refractivity contribution in [3.8, 4) is 0 Å². The minimum atomic E-state index is -0.513. The normalized spacial score (nSPS) is 13.0. The van der Waals surface area contributed by atoms with Crippen molar-refractivity contribution in [2.45, 2.75) is 72.4 Å². The molecule has 1 amide bonds. The van der Waals surface area contributed by atoms with Gasteiger partial charge >= 0.3 is 6.09 Å². The predicted molar refractivity (Wildman–Crippen MR) is 92.1 cm³/mol. The number of amides is 1. The van der Waals surface area contributed by atoms with Crippen LogP contribution in [0.15, 0.2) is 4.99 Å². The average Bonchev–Trinajstić information content (AvgIpc) is 2.43. The minimum Gasteiger partial charge on any atom is -0.444 e. The number of nitrogens with two attached hydrogens (primary N) is 1. The molecule has 22 heavy (non-hydrogen) atoms. The van der Waals surface area contributed by atoms with Crippen LogP contribution in [0.1, 0.15) is 61.3 Å².